The van der Waals surface area contributed by atoms with E-state index in [2.05, 4.69) is 4.99 Å². The number of nitrogens with zero attached hydrogens (tertiary/aromatic N) is 2. The minimum absolute atomic E-state index is 0.0419. The number of ether oxygens (including phenoxy) is 2. The number of benzene rings is 1. The Balaban J connectivity index is 2.03. The van der Waals surface area contributed by atoms with E-state index in [9.17, 15) is 13.2 Å². The van der Waals surface area contributed by atoms with Gasteiger partial charge in [0, 0.05) is 12.4 Å². The average molecular weight is 370 g/mol. The largest absolute Gasteiger partial charge is 0.495 e. The summed E-state index contributed by atoms with van der Waals surface area (Å²) in [4.78, 5) is 17.8. The molecule has 1 aromatic carbocycles. The zero-order valence-electron chi connectivity index (χ0n) is 13.3. The molecule has 2 atom stereocenters. The number of para-hydroxylation sites is 2. The lowest BCUT2D eigenvalue weighted by Gasteiger charge is -2.26. The fourth-order valence-electron chi connectivity index (χ4n) is 2.94. The van der Waals surface area contributed by atoms with Crippen molar-refractivity contribution in [1.29, 1.82) is 0 Å². The van der Waals surface area contributed by atoms with Gasteiger partial charge in [0.1, 0.15) is 12.4 Å². The highest BCUT2D eigenvalue weighted by molar-refractivity contribution is 8.16. The smallest absolute Gasteiger partial charge is 0.274 e. The van der Waals surface area contributed by atoms with Gasteiger partial charge in [-0.3, -0.25) is 4.79 Å². The highest BCUT2D eigenvalue weighted by Gasteiger charge is 2.49. The predicted octanol–water partition coefficient (Wildman–Crippen LogP) is 0.943. The number of thioether (sulfide) groups is 1. The molecule has 2 saturated heterocycles. The Morgan fingerprint density at radius 1 is 1.33 bits per heavy atom. The monoisotopic (exact) mass is 370 g/mol. The number of hydrogen-bond acceptors (Lipinski definition) is 6. The van der Waals surface area contributed by atoms with Crippen molar-refractivity contribution >= 4 is 38.4 Å². The number of methoxy groups -OCH3 is 2. The van der Waals surface area contributed by atoms with Crippen LogP contribution in [0.4, 0.5) is 5.69 Å². The normalized spacial score (nSPS) is 26.6. The van der Waals surface area contributed by atoms with E-state index >= 15 is 0 Å². The molecule has 0 N–H and O–H groups in total. The molecule has 0 saturated carbocycles. The van der Waals surface area contributed by atoms with E-state index in [1.54, 1.807) is 13.2 Å². The van der Waals surface area contributed by atoms with Gasteiger partial charge in [-0.15, -0.1) is 0 Å². The summed E-state index contributed by atoms with van der Waals surface area (Å²) in [6, 6.07) is 7.05. The molecule has 2 heterocycles. The van der Waals surface area contributed by atoms with Crippen molar-refractivity contribution < 1.29 is 22.7 Å². The second kappa shape index (κ2) is 6.73. The molecule has 2 fully saturated rings. The minimum atomic E-state index is -3.10. The van der Waals surface area contributed by atoms with Crippen molar-refractivity contribution in [3.05, 3.63) is 24.3 Å². The molecule has 0 aromatic heterocycles. The second-order valence-corrected chi connectivity index (χ2v) is 8.92. The first kappa shape index (κ1) is 17.2. The Labute approximate surface area is 144 Å². The summed E-state index contributed by atoms with van der Waals surface area (Å²) in [5.74, 6) is 0.337. The van der Waals surface area contributed by atoms with Crippen LogP contribution < -0.4 is 9.64 Å². The first-order valence-corrected chi connectivity index (χ1v) is 10.0. The maximum atomic E-state index is 12.0. The SMILES string of the molecule is COCC(=O)N=C1S[C@H]2CS(=O)(=O)C[C@H]2N1c1ccccc1OC. The van der Waals surface area contributed by atoms with E-state index < -0.39 is 15.7 Å². The number of amidine groups is 1. The van der Waals surface area contributed by atoms with Gasteiger partial charge in [0.05, 0.1) is 30.3 Å². The van der Waals surface area contributed by atoms with Gasteiger partial charge in [0.15, 0.2) is 15.0 Å². The molecule has 0 bridgehead atoms. The Kier molecular flexibility index (Phi) is 4.84. The summed E-state index contributed by atoms with van der Waals surface area (Å²) in [5.41, 5.74) is 0.709. The van der Waals surface area contributed by atoms with Crippen LogP contribution in [0.15, 0.2) is 29.3 Å². The van der Waals surface area contributed by atoms with E-state index in [1.807, 2.05) is 23.1 Å². The molecule has 1 amide bonds. The summed E-state index contributed by atoms with van der Waals surface area (Å²) in [6.45, 7) is -0.114. The molecule has 2 aliphatic rings. The minimum Gasteiger partial charge on any atom is -0.495 e. The standard InChI is InChI=1S/C15H18N2O5S2/c1-21-7-14(18)16-15-17(10-5-3-4-6-12(10)22-2)11-8-24(19,20)9-13(11)23-15/h3-6,11,13H,7-9H2,1-2H3/t11-,13+/m1/s1. The Morgan fingerprint density at radius 2 is 2.08 bits per heavy atom. The topological polar surface area (TPSA) is 85.3 Å². The van der Waals surface area contributed by atoms with E-state index in [-0.39, 0.29) is 29.4 Å². The number of hydrogen-bond donors (Lipinski definition) is 0. The molecular formula is C15H18N2O5S2. The van der Waals surface area contributed by atoms with E-state index in [0.29, 0.717) is 16.6 Å². The highest BCUT2D eigenvalue weighted by Crippen LogP contribution is 2.43. The molecule has 3 rings (SSSR count). The summed E-state index contributed by atoms with van der Waals surface area (Å²) in [7, 11) is -0.113. The van der Waals surface area contributed by atoms with Crippen LogP contribution in [0.3, 0.4) is 0 Å². The molecule has 130 valence electrons. The molecule has 0 radical (unpaired) electrons. The van der Waals surface area contributed by atoms with Crippen molar-refractivity contribution in [2.45, 2.75) is 11.3 Å². The van der Waals surface area contributed by atoms with Gasteiger partial charge in [0.2, 0.25) is 0 Å². The third kappa shape index (κ3) is 3.28. The van der Waals surface area contributed by atoms with Crippen LogP contribution in [-0.2, 0) is 19.4 Å². The molecule has 0 unspecified atom stereocenters. The first-order chi connectivity index (χ1) is 11.4. The summed E-state index contributed by atoms with van der Waals surface area (Å²) < 4.78 is 34.2. The van der Waals surface area contributed by atoms with E-state index in [0.717, 1.165) is 0 Å². The number of anilines is 1. The van der Waals surface area contributed by atoms with Crippen LogP contribution >= 0.6 is 11.8 Å². The van der Waals surface area contributed by atoms with Gasteiger partial charge in [0.25, 0.3) is 5.91 Å². The van der Waals surface area contributed by atoms with Crippen LogP contribution in [0.5, 0.6) is 5.75 Å². The molecule has 7 nitrogen and oxygen atoms in total. The van der Waals surface area contributed by atoms with Crippen molar-refractivity contribution in [3.63, 3.8) is 0 Å². The third-order valence-electron chi connectivity index (χ3n) is 3.90. The van der Waals surface area contributed by atoms with Crippen LogP contribution in [0.1, 0.15) is 0 Å². The van der Waals surface area contributed by atoms with Crippen LogP contribution in [0.25, 0.3) is 0 Å². The van der Waals surface area contributed by atoms with Gasteiger partial charge < -0.3 is 14.4 Å². The number of sulfone groups is 1. The second-order valence-electron chi connectivity index (χ2n) is 5.56. The van der Waals surface area contributed by atoms with Crippen molar-refractivity contribution in [2.24, 2.45) is 4.99 Å². The quantitative estimate of drug-likeness (QED) is 0.780. The molecule has 0 aliphatic carbocycles. The Hall–Kier alpha value is -1.58. The number of carbonyl (C=O) groups excluding carboxylic acids is 1. The van der Waals surface area contributed by atoms with Crippen molar-refractivity contribution in [3.8, 4) is 5.75 Å². The molecule has 2 aliphatic heterocycles. The maximum Gasteiger partial charge on any atom is 0.274 e. The first-order valence-electron chi connectivity index (χ1n) is 7.35. The van der Waals surface area contributed by atoms with Crippen LogP contribution in [0, 0.1) is 0 Å². The average Bonchev–Trinajstić information content (AvgIpc) is 2.98. The number of amides is 1. The Morgan fingerprint density at radius 3 is 2.79 bits per heavy atom. The lowest BCUT2D eigenvalue weighted by molar-refractivity contribution is -0.121. The number of fused-ring (bicyclic) bond motifs is 1. The molecule has 24 heavy (non-hydrogen) atoms. The third-order valence-corrected chi connectivity index (χ3v) is 7.11. The van der Waals surface area contributed by atoms with Gasteiger partial charge in [-0.1, -0.05) is 23.9 Å². The molecule has 9 heteroatoms. The van der Waals surface area contributed by atoms with E-state index in [4.69, 9.17) is 9.47 Å². The summed E-state index contributed by atoms with van der Waals surface area (Å²) >= 11 is 1.32. The van der Waals surface area contributed by atoms with Crippen molar-refractivity contribution in [2.75, 3.05) is 37.2 Å². The van der Waals surface area contributed by atoms with Gasteiger partial charge in [-0.25, -0.2) is 8.42 Å². The summed E-state index contributed by atoms with van der Waals surface area (Å²) in [6.07, 6.45) is 0. The lowest BCUT2D eigenvalue weighted by atomic mass is 10.2. The zero-order chi connectivity index (χ0) is 17.3. The molecule has 1 aromatic rings. The summed E-state index contributed by atoms with van der Waals surface area (Å²) in [5, 5.41) is 0.348. The fourth-order valence-corrected chi connectivity index (χ4v) is 6.86. The fraction of sp³-hybridized carbons (Fsp3) is 0.467. The van der Waals surface area contributed by atoms with E-state index in [1.165, 1.54) is 18.9 Å². The van der Waals surface area contributed by atoms with Crippen molar-refractivity contribution in [1.82, 2.24) is 0 Å². The lowest BCUT2D eigenvalue weighted by Crippen LogP contribution is -2.38. The predicted molar refractivity (Wildman–Crippen MR) is 93.6 cm³/mol. The molecular weight excluding hydrogens is 352 g/mol. The van der Waals surface area contributed by atoms with Gasteiger partial charge >= 0.3 is 0 Å². The van der Waals surface area contributed by atoms with Crippen LogP contribution in [0.2, 0.25) is 0 Å². The van der Waals surface area contributed by atoms with Gasteiger partial charge in [-0.2, -0.15) is 4.99 Å². The maximum absolute atomic E-state index is 12.0. The Bertz CT molecular complexity index is 778. The van der Waals surface area contributed by atoms with Gasteiger partial charge in [-0.05, 0) is 12.1 Å². The highest BCUT2D eigenvalue weighted by atomic mass is 32.2. The zero-order valence-corrected chi connectivity index (χ0v) is 15.0. The van der Waals surface area contributed by atoms with Crippen LogP contribution in [-0.4, -0.2) is 63.1 Å². The number of rotatable bonds is 4. The number of carbonyl (C=O) groups is 1. The number of aliphatic imine (C=N–C) groups is 1. The molecule has 0 spiro atoms.